The number of ketones is 1. The first kappa shape index (κ1) is 23.1. The molecular weight excluding hydrogens is 412 g/mol. The Morgan fingerprint density at radius 3 is 2.52 bits per heavy atom. The second-order valence-corrected chi connectivity index (χ2v) is 9.03. The van der Waals surface area contributed by atoms with Crippen molar-refractivity contribution < 1.29 is 14.6 Å². The highest BCUT2D eigenvalue weighted by molar-refractivity contribution is 6.16. The number of aromatic nitrogens is 1. The average Bonchev–Trinajstić information content (AvgIpc) is 3.30. The van der Waals surface area contributed by atoms with Gasteiger partial charge in [-0.05, 0) is 56.6 Å². The second kappa shape index (κ2) is 9.84. The summed E-state index contributed by atoms with van der Waals surface area (Å²) in [5.74, 6) is 0.903. The van der Waals surface area contributed by atoms with Crippen molar-refractivity contribution in [3.05, 3.63) is 64.5 Å². The van der Waals surface area contributed by atoms with E-state index >= 15 is 0 Å². The normalized spacial score (nSPS) is 14.5. The number of phenols is 1. The SMILES string of the molecule is CCCCN(CCCC)Cc1c(O)cc(C)c2c1O/C(=C/c1cn(C)c3ccccc13)C2=O. The van der Waals surface area contributed by atoms with Crippen LogP contribution in [0.1, 0.15) is 66.6 Å². The zero-order chi connectivity index (χ0) is 23.5. The van der Waals surface area contributed by atoms with Gasteiger partial charge >= 0.3 is 0 Å². The quantitative estimate of drug-likeness (QED) is 0.397. The molecule has 2 aromatic carbocycles. The van der Waals surface area contributed by atoms with Gasteiger partial charge in [-0.3, -0.25) is 9.69 Å². The third-order valence-electron chi connectivity index (χ3n) is 6.47. The molecule has 0 bridgehead atoms. The van der Waals surface area contributed by atoms with Crippen molar-refractivity contribution >= 4 is 22.8 Å². The van der Waals surface area contributed by atoms with Crippen LogP contribution in [0.15, 0.2) is 42.3 Å². The van der Waals surface area contributed by atoms with Gasteiger partial charge in [0.25, 0.3) is 0 Å². The van der Waals surface area contributed by atoms with Crippen LogP contribution in [0.25, 0.3) is 17.0 Å². The average molecular weight is 447 g/mol. The maximum Gasteiger partial charge on any atom is 0.232 e. The van der Waals surface area contributed by atoms with Crippen LogP contribution < -0.4 is 4.74 Å². The monoisotopic (exact) mass is 446 g/mol. The molecule has 0 saturated heterocycles. The van der Waals surface area contributed by atoms with Crippen molar-refractivity contribution in [2.24, 2.45) is 7.05 Å². The summed E-state index contributed by atoms with van der Waals surface area (Å²) in [6, 6.07) is 9.82. The zero-order valence-corrected chi connectivity index (χ0v) is 20.1. The van der Waals surface area contributed by atoms with E-state index in [1.165, 1.54) is 0 Å². The van der Waals surface area contributed by atoms with Gasteiger partial charge in [-0.2, -0.15) is 0 Å². The molecule has 0 unspecified atom stereocenters. The Hall–Kier alpha value is -3.05. The molecule has 0 spiro atoms. The predicted octanol–water partition coefficient (Wildman–Crippen LogP) is 6.21. The summed E-state index contributed by atoms with van der Waals surface area (Å²) in [6.07, 6.45) is 8.28. The first-order chi connectivity index (χ1) is 15.9. The summed E-state index contributed by atoms with van der Waals surface area (Å²) in [7, 11) is 2.00. The number of para-hydroxylation sites is 1. The minimum absolute atomic E-state index is 0.120. The van der Waals surface area contributed by atoms with Crippen LogP contribution in [0.5, 0.6) is 11.5 Å². The lowest BCUT2D eigenvalue weighted by atomic mass is 9.99. The lowest BCUT2D eigenvalue weighted by Crippen LogP contribution is -2.26. The molecule has 0 saturated carbocycles. The van der Waals surface area contributed by atoms with Gasteiger partial charge in [0.1, 0.15) is 11.5 Å². The number of aryl methyl sites for hydroxylation is 2. The topological polar surface area (TPSA) is 54.7 Å². The van der Waals surface area contributed by atoms with Crippen LogP contribution in [0.3, 0.4) is 0 Å². The van der Waals surface area contributed by atoms with Gasteiger partial charge in [-0.25, -0.2) is 0 Å². The van der Waals surface area contributed by atoms with Crippen LogP contribution in [0.4, 0.5) is 0 Å². The molecule has 1 aromatic heterocycles. The highest BCUT2D eigenvalue weighted by Gasteiger charge is 2.33. The van der Waals surface area contributed by atoms with Gasteiger partial charge in [-0.15, -0.1) is 0 Å². The fraction of sp³-hybridized carbons (Fsp3) is 0.393. The number of nitrogens with zero attached hydrogens (tertiary/aromatic N) is 2. The number of carbonyl (C=O) groups excluding carboxylic acids is 1. The largest absolute Gasteiger partial charge is 0.507 e. The van der Waals surface area contributed by atoms with E-state index in [2.05, 4.69) is 35.4 Å². The van der Waals surface area contributed by atoms with Crippen molar-refractivity contribution in [1.29, 1.82) is 0 Å². The van der Waals surface area contributed by atoms with Crippen molar-refractivity contribution in [2.45, 2.75) is 53.0 Å². The van der Waals surface area contributed by atoms with Crippen molar-refractivity contribution in [3.8, 4) is 11.5 Å². The molecule has 5 nitrogen and oxygen atoms in total. The highest BCUT2D eigenvalue weighted by atomic mass is 16.5. The number of rotatable bonds is 9. The number of hydrogen-bond acceptors (Lipinski definition) is 4. The standard InChI is InChI=1S/C28H34N2O3/c1-5-7-13-30(14-8-6-2)18-22-24(31)15-19(3)26-27(32)25(33-28(22)26)16-20-17-29(4)23-12-10-9-11-21(20)23/h9-12,15-17,31H,5-8,13-14,18H2,1-4H3/b25-16+. The molecule has 1 aliphatic rings. The summed E-state index contributed by atoms with van der Waals surface area (Å²) in [5, 5.41) is 11.9. The number of allylic oxidation sites excluding steroid dienone is 1. The first-order valence-corrected chi connectivity index (χ1v) is 12.0. The molecule has 0 fully saturated rings. The number of aromatic hydroxyl groups is 1. The van der Waals surface area contributed by atoms with Gasteiger partial charge in [0, 0.05) is 36.3 Å². The molecule has 1 aliphatic heterocycles. The molecule has 33 heavy (non-hydrogen) atoms. The molecule has 4 rings (SSSR count). The van der Waals surface area contributed by atoms with Gasteiger partial charge < -0.3 is 14.4 Å². The first-order valence-electron chi connectivity index (χ1n) is 12.0. The molecule has 0 radical (unpaired) electrons. The Kier molecular flexibility index (Phi) is 6.89. The third kappa shape index (κ3) is 4.55. The predicted molar refractivity (Wildman–Crippen MR) is 134 cm³/mol. The van der Waals surface area contributed by atoms with E-state index in [1.807, 2.05) is 38.4 Å². The van der Waals surface area contributed by atoms with Crippen LogP contribution in [0.2, 0.25) is 0 Å². The van der Waals surface area contributed by atoms with Crippen LogP contribution in [-0.4, -0.2) is 33.4 Å². The molecule has 174 valence electrons. The molecular formula is C28H34N2O3. The number of hydrogen-bond donors (Lipinski definition) is 1. The van der Waals surface area contributed by atoms with Crippen LogP contribution >= 0.6 is 0 Å². The lowest BCUT2D eigenvalue weighted by molar-refractivity contribution is 0.101. The lowest BCUT2D eigenvalue weighted by Gasteiger charge is -2.23. The Morgan fingerprint density at radius 1 is 1.12 bits per heavy atom. The second-order valence-electron chi connectivity index (χ2n) is 9.03. The Labute approximate surface area is 196 Å². The number of ether oxygens (including phenoxy) is 1. The van der Waals surface area contributed by atoms with Gasteiger partial charge in [0.2, 0.25) is 5.78 Å². The smallest absolute Gasteiger partial charge is 0.232 e. The minimum Gasteiger partial charge on any atom is -0.507 e. The summed E-state index contributed by atoms with van der Waals surface area (Å²) < 4.78 is 8.25. The Morgan fingerprint density at radius 2 is 1.82 bits per heavy atom. The van der Waals surface area contributed by atoms with Crippen molar-refractivity contribution in [2.75, 3.05) is 13.1 Å². The highest BCUT2D eigenvalue weighted by Crippen LogP contribution is 2.42. The van der Waals surface area contributed by atoms with Crippen LogP contribution in [-0.2, 0) is 13.6 Å². The van der Waals surface area contributed by atoms with E-state index in [9.17, 15) is 9.90 Å². The van der Waals surface area contributed by atoms with E-state index in [0.717, 1.165) is 60.8 Å². The van der Waals surface area contributed by atoms with E-state index in [0.29, 0.717) is 29.2 Å². The number of phenolic OH excluding ortho intramolecular Hbond substituents is 1. The molecule has 0 atom stereocenters. The Bertz CT molecular complexity index is 1200. The van der Waals surface area contributed by atoms with E-state index in [-0.39, 0.29) is 11.5 Å². The number of fused-ring (bicyclic) bond motifs is 2. The maximum atomic E-state index is 13.4. The molecule has 5 heteroatoms. The summed E-state index contributed by atoms with van der Waals surface area (Å²) >= 11 is 0. The van der Waals surface area contributed by atoms with Gasteiger partial charge in [0.15, 0.2) is 5.76 Å². The number of carbonyl (C=O) groups is 1. The summed E-state index contributed by atoms with van der Waals surface area (Å²) in [6.45, 7) is 8.73. The maximum absolute atomic E-state index is 13.4. The molecule has 1 N–H and O–H groups in total. The zero-order valence-electron chi connectivity index (χ0n) is 20.1. The third-order valence-corrected chi connectivity index (χ3v) is 6.47. The molecule has 0 aliphatic carbocycles. The molecule has 3 aromatic rings. The number of unbranched alkanes of at least 4 members (excludes halogenated alkanes) is 2. The summed E-state index contributed by atoms with van der Waals surface area (Å²) in [4.78, 5) is 15.7. The van der Waals surface area contributed by atoms with E-state index in [4.69, 9.17) is 4.74 Å². The van der Waals surface area contributed by atoms with Gasteiger partial charge in [-0.1, -0.05) is 44.9 Å². The molecule has 0 amide bonds. The van der Waals surface area contributed by atoms with E-state index in [1.54, 1.807) is 6.07 Å². The Balaban J connectivity index is 1.71. The fourth-order valence-electron chi connectivity index (χ4n) is 4.62. The van der Waals surface area contributed by atoms with Crippen molar-refractivity contribution in [1.82, 2.24) is 9.47 Å². The number of Topliss-reactive ketones (excluding diaryl/α,β-unsaturated/α-hetero) is 1. The number of benzene rings is 2. The summed E-state index contributed by atoms with van der Waals surface area (Å²) in [5.41, 5.74) is 4.06. The van der Waals surface area contributed by atoms with Crippen molar-refractivity contribution in [3.63, 3.8) is 0 Å². The van der Waals surface area contributed by atoms with Gasteiger partial charge in [0.05, 0.1) is 11.1 Å². The minimum atomic E-state index is -0.120. The fourth-order valence-corrected chi connectivity index (χ4v) is 4.62. The van der Waals surface area contributed by atoms with Crippen LogP contribution in [0, 0.1) is 6.92 Å². The van der Waals surface area contributed by atoms with E-state index < -0.39 is 0 Å². The molecule has 2 heterocycles.